The second-order valence-electron chi connectivity index (χ2n) is 5.89. The molecule has 0 spiro atoms. The summed E-state index contributed by atoms with van der Waals surface area (Å²) in [6, 6.07) is 11.4. The van der Waals surface area contributed by atoms with E-state index in [1.165, 1.54) is 0 Å². The van der Waals surface area contributed by atoms with E-state index >= 15 is 0 Å². The molecule has 7 nitrogen and oxygen atoms in total. The maximum absolute atomic E-state index is 11.0. The fourth-order valence-corrected chi connectivity index (χ4v) is 2.55. The van der Waals surface area contributed by atoms with Gasteiger partial charge in [-0.25, -0.2) is 4.99 Å². The highest BCUT2D eigenvalue weighted by molar-refractivity contribution is 6.04. The molecule has 2 N–H and O–H groups in total. The smallest absolute Gasteiger partial charge is 0.277 e. The number of hydrogen-bond donors (Lipinski definition) is 2. The number of nitriles is 2. The molecule has 0 amide bonds. The van der Waals surface area contributed by atoms with E-state index in [9.17, 15) is 15.6 Å². The minimum absolute atomic E-state index is 0.102. The maximum Gasteiger partial charge on any atom is 0.277 e. The fraction of sp³-hybridized carbons (Fsp3) is 0.316. The molecule has 1 atom stereocenters. The van der Waals surface area contributed by atoms with Gasteiger partial charge in [-0.1, -0.05) is 12.1 Å². The maximum atomic E-state index is 11.0. The Balaban J connectivity index is 2.57. The van der Waals surface area contributed by atoms with Gasteiger partial charge < -0.3 is 20.1 Å². The number of nitrogens with zero attached hydrogens (tertiary/aromatic N) is 4. The van der Waals surface area contributed by atoms with Crippen LogP contribution in [-0.4, -0.2) is 37.4 Å². The van der Waals surface area contributed by atoms with E-state index in [-0.39, 0.29) is 18.0 Å². The first kappa shape index (κ1) is 19.2. The molecule has 1 unspecified atom stereocenters. The second-order valence-corrected chi connectivity index (χ2v) is 5.89. The lowest BCUT2D eigenvalue weighted by molar-refractivity contribution is -0.182. The number of aliphatic imine (C=N–C) groups is 1. The van der Waals surface area contributed by atoms with E-state index in [0.717, 1.165) is 11.3 Å². The van der Waals surface area contributed by atoms with Crippen LogP contribution < -0.4 is 10.2 Å². The number of allylic oxidation sites excluding steroid dienone is 2. The van der Waals surface area contributed by atoms with Gasteiger partial charge in [-0.3, -0.25) is 0 Å². The zero-order valence-electron chi connectivity index (χ0n) is 15.2. The van der Waals surface area contributed by atoms with Gasteiger partial charge in [0, 0.05) is 32.1 Å². The van der Waals surface area contributed by atoms with Crippen molar-refractivity contribution in [1.82, 2.24) is 5.32 Å². The lowest BCUT2D eigenvalue weighted by atomic mass is 10.0. The molecule has 1 aliphatic heterocycles. The molecule has 0 bridgehead atoms. The molecule has 0 saturated heterocycles. The van der Waals surface area contributed by atoms with Crippen LogP contribution in [0.25, 0.3) is 6.08 Å². The number of nitrogens with one attached hydrogen (secondary N) is 1. The predicted molar refractivity (Wildman–Crippen MR) is 99.8 cm³/mol. The summed E-state index contributed by atoms with van der Waals surface area (Å²) in [7, 11) is 3.90. The largest absolute Gasteiger partial charge is 0.378 e. The predicted octanol–water partition coefficient (Wildman–Crippen LogP) is 2.14. The summed E-state index contributed by atoms with van der Waals surface area (Å²) in [5.41, 5.74) is 2.32. The Labute approximate surface area is 153 Å². The van der Waals surface area contributed by atoms with Crippen LogP contribution in [0.2, 0.25) is 0 Å². The van der Waals surface area contributed by atoms with Crippen LogP contribution in [0.1, 0.15) is 19.4 Å². The monoisotopic (exact) mass is 351 g/mol. The topological polar surface area (TPSA) is 105 Å². The summed E-state index contributed by atoms with van der Waals surface area (Å²) in [4.78, 5) is 6.16. The van der Waals surface area contributed by atoms with Crippen LogP contribution in [0.15, 0.2) is 46.2 Å². The molecule has 0 aliphatic carbocycles. The van der Waals surface area contributed by atoms with Crippen LogP contribution >= 0.6 is 0 Å². The Morgan fingerprint density at radius 1 is 1.27 bits per heavy atom. The van der Waals surface area contributed by atoms with Crippen LogP contribution in [0.4, 0.5) is 5.69 Å². The quantitative estimate of drug-likeness (QED) is 0.805. The van der Waals surface area contributed by atoms with Crippen molar-refractivity contribution in [3.8, 4) is 12.1 Å². The van der Waals surface area contributed by atoms with Crippen LogP contribution in [0.3, 0.4) is 0 Å². The summed E-state index contributed by atoms with van der Waals surface area (Å²) >= 11 is 0. The number of rotatable bonds is 4. The molecular weight excluding hydrogens is 330 g/mol. The van der Waals surface area contributed by atoms with Crippen LogP contribution in [0, 0.1) is 22.7 Å². The first-order chi connectivity index (χ1) is 12.3. The lowest BCUT2D eigenvalue weighted by Gasteiger charge is -2.30. The Hall–Kier alpha value is -3.13. The van der Waals surface area contributed by atoms with Crippen molar-refractivity contribution in [3.05, 3.63) is 46.8 Å². The van der Waals surface area contributed by atoms with Gasteiger partial charge >= 0.3 is 0 Å². The molecule has 134 valence electrons. The van der Waals surface area contributed by atoms with Gasteiger partial charge in [0.05, 0.1) is 5.57 Å². The highest BCUT2D eigenvalue weighted by atomic mass is 16.6. The van der Waals surface area contributed by atoms with E-state index in [1.54, 1.807) is 19.9 Å². The van der Waals surface area contributed by atoms with Crippen molar-refractivity contribution in [2.75, 3.05) is 25.6 Å². The van der Waals surface area contributed by atoms with Gasteiger partial charge in [0.1, 0.15) is 12.1 Å². The highest BCUT2D eigenvalue weighted by Gasteiger charge is 2.38. The van der Waals surface area contributed by atoms with Crippen LogP contribution in [0.5, 0.6) is 0 Å². The number of benzene rings is 1. The Morgan fingerprint density at radius 3 is 2.42 bits per heavy atom. The van der Waals surface area contributed by atoms with E-state index < -0.39 is 5.91 Å². The molecule has 0 radical (unpaired) electrons. The number of aliphatic hydroxyl groups is 1. The van der Waals surface area contributed by atoms with Crippen molar-refractivity contribution >= 4 is 17.5 Å². The Bertz CT molecular complexity index is 853. The van der Waals surface area contributed by atoms with E-state index in [1.807, 2.05) is 55.4 Å². The second kappa shape index (κ2) is 7.83. The van der Waals surface area contributed by atoms with Crippen molar-refractivity contribution in [3.63, 3.8) is 0 Å². The lowest BCUT2D eigenvalue weighted by Crippen LogP contribution is -2.49. The van der Waals surface area contributed by atoms with Crippen molar-refractivity contribution in [2.24, 2.45) is 4.99 Å². The summed E-state index contributed by atoms with van der Waals surface area (Å²) in [6.07, 6.45) is 1.72. The summed E-state index contributed by atoms with van der Waals surface area (Å²) in [5.74, 6) is -1.97. The number of anilines is 1. The molecule has 0 fully saturated rings. The Kier molecular flexibility index (Phi) is 5.78. The molecular formula is C19H21N5O2. The number of ether oxygens (including phenoxy) is 1. The van der Waals surface area contributed by atoms with E-state index in [4.69, 9.17) is 4.74 Å². The zero-order valence-corrected chi connectivity index (χ0v) is 15.2. The highest BCUT2D eigenvalue weighted by Crippen LogP contribution is 2.27. The van der Waals surface area contributed by atoms with Gasteiger partial charge in [0.2, 0.25) is 0 Å². The minimum Gasteiger partial charge on any atom is -0.378 e. The van der Waals surface area contributed by atoms with Crippen molar-refractivity contribution < 1.29 is 9.84 Å². The summed E-state index contributed by atoms with van der Waals surface area (Å²) < 4.78 is 5.48. The molecule has 0 aromatic heterocycles. The molecule has 2 rings (SSSR count). The van der Waals surface area contributed by atoms with Crippen LogP contribution in [-0.2, 0) is 4.74 Å². The molecule has 1 aromatic rings. The SMILES string of the molecule is CCOC1(O)NC(C#N)=C(C#N)N=C(C)/C1=C/c1ccc(N(C)C)cc1. The first-order valence-corrected chi connectivity index (χ1v) is 8.08. The third-order valence-corrected chi connectivity index (χ3v) is 3.86. The third-order valence-electron chi connectivity index (χ3n) is 3.86. The third kappa shape index (κ3) is 3.92. The normalized spacial score (nSPS) is 21.3. The summed E-state index contributed by atoms with van der Waals surface area (Å²) in [5, 5.41) is 32.2. The fourth-order valence-electron chi connectivity index (χ4n) is 2.55. The average molecular weight is 351 g/mol. The average Bonchev–Trinajstić information content (AvgIpc) is 2.71. The van der Waals surface area contributed by atoms with Gasteiger partial charge in [-0.2, -0.15) is 10.5 Å². The van der Waals surface area contributed by atoms with Crippen molar-refractivity contribution in [1.29, 1.82) is 10.5 Å². The van der Waals surface area contributed by atoms with Crippen molar-refractivity contribution in [2.45, 2.75) is 19.8 Å². The molecule has 1 aromatic carbocycles. The Morgan fingerprint density at radius 2 is 1.92 bits per heavy atom. The number of hydrogen-bond acceptors (Lipinski definition) is 7. The molecule has 7 heteroatoms. The molecule has 1 heterocycles. The van der Waals surface area contributed by atoms with Gasteiger partial charge in [-0.05, 0) is 37.6 Å². The van der Waals surface area contributed by atoms with E-state index in [0.29, 0.717) is 11.3 Å². The molecule has 1 aliphatic rings. The van der Waals surface area contributed by atoms with Gasteiger partial charge in [-0.15, -0.1) is 0 Å². The standard InChI is InChI=1S/C19H21N5O2/c1-5-26-19(25)16(10-14-6-8-15(9-7-14)24(3)4)13(2)22-17(11-20)18(12-21)23-19/h6-10,23,25H,5H2,1-4H3/b16-10-. The van der Waals surface area contributed by atoms with E-state index in [2.05, 4.69) is 10.3 Å². The van der Waals surface area contributed by atoms with Gasteiger partial charge in [0.25, 0.3) is 5.91 Å². The van der Waals surface area contributed by atoms with Gasteiger partial charge in [0.15, 0.2) is 11.4 Å². The first-order valence-electron chi connectivity index (χ1n) is 8.08. The molecule has 0 saturated carbocycles. The zero-order chi connectivity index (χ0) is 19.3. The minimum atomic E-state index is -1.97. The molecule has 26 heavy (non-hydrogen) atoms. The summed E-state index contributed by atoms with van der Waals surface area (Å²) in [6.45, 7) is 3.57.